The number of benzene rings is 3. The molecule has 0 saturated heterocycles. The Morgan fingerprint density at radius 2 is 1.44 bits per heavy atom. The van der Waals surface area contributed by atoms with Crippen molar-refractivity contribution in [2.75, 3.05) is 16.6 Å². The Bertz CT molecular complexity index is 1380. The lowest BCUT2D eigenvalue weighted by Gasteiger charge is -2.13. The number of anilines is 2. The zero-order valence-electron chi connectivity index (χ0n) is 16.7. The number of sulfonamides is 2. The zero-order valence-corrected chi connectivity index (χ0v) is 20.6. The monoisotopic (exact) mass is 534 g/mol. The molecule has 0 aliphatic rings. The van der Waals surface area contributed by atoms with Crippen LogP contribution in [0.3, 0.4) is 0 Å². The lowest BCUT2D eigenvalue weighted by molar-refractivity contribution is 0.414. The summed E-state index contributed by atoms with van der Waals surface area (Å²) in [4.78, 5) is -0.315. The molecule has 2 N–H and O–H groups in total. The Kier molecular flexibility index (Phi) is 7.16. The van der Waals surface area contributed by atoms with Crippen LogP contribution in [0.4, 0.5) is 11.4 Å². The van der Waals surface area contributed by atoms with Crippen molar-refractivity contribution >= 4 is 66.2 Å². The topological polar surface area (TPSA) is 102 Å². The molecule has 170 valence electrons. The number of hydrogen-bond acceptors (Lipinski definition) is 5. The average Bonchev–Trinajstić information content (AvgIpc) is 2.73. The lowest BCUT2D eigenvalue weighted by Crippen LogP contribution is -2.15. The Morgan fingerprint density at radius 3 is 2.06 bits per heavy atom. The van der Waals surface area contributed by atoms with Gasteiger partial charge in [-0.15, -0.1) is 0 Å². The van der Waals surface area contributed by atoms with Crippen molar-refractivity contribution in [3.63, 3.8) is 0 Å². The third kappa shape index (κ3) is 5.07. The number of methoxy groups -OCH3 is 1. The molecule has 0 radical (unpaired) electrons. The molecule has 0 fully saturated rings. The van der Waals surface area contributed by atoms with E-state index in [1.54, 1.807) is 25.1 Å². The Morgan fingerprint density at radius 1 is 0.781 bits per heavy atom. The molecule has 0 amide bonds. The molecule has 0 spiro atoms. The van der Waals surface area contributed by atoms with Crippen LogP contribution in [0.2, 0.25) is 15.1 Å². The largest absolute Gasteiger partial charge is 0.495 e. The fourth-order valence-electron chi connectivity index (χ4n) is 2.71. The third-order valence-electron chi connectivity index (χ3n) is 4.45. The van der Waals surface area contributed by atoms with Crippen LogP contribution in [0.15, 0.2) is 64.4 Å². The van der Waals surface area contributed by atoms with Gasteiger partial charge in [-0.25, -0.2) is 16.8 Å². The summed E-state index contributed by atoms with van der Waals surface area (Å²) in [6.07, 6.45) is 0. The first kappa shape index (κ1) is 24.5. The summed E-state index contributed by atoms with van der Waals surface area (Å²) in [6, 6.07) is 12.7. The van der Waals surface area contributed by atoms with Crippen molar-refractivity contribution in [1.82, 2.24) is 0 Å². The minimum absolute atomic E-state index is 0.0409. The number of hydrogen-bond donors (Lipinski definition) is 2. The number of rotatable bonds is 7. The summed E-state index contributed by atoms with van der Waals surface area (Å²) in [5.74, 6) is 0.229. The van der Waals surface area contributed by atoms with E-state index in [-0.39, 0.29) is 31.3 Å². The van der Waals surface area contributed by atoms with Crippen LogP contribution in [0.25, 0.3) is 0 Å². The maximum atomic E-state index is 12.7. The summed E-state index contributed by atoms with van der Waals surface area (Å²) < 4.78 is 60.7. The van der Waals surface area contributed by atoms with E-state index in [0.29, 0.717) is 16.3 Å². The molecule has 3 rings (SSSR count). The van der Waals surface area contributed by atoms with Gasteiger partial charge in [-0.05, 0) is 61.0 Å². The molecule has 0 heterocycles. The Balaban J connectivity index is 1.84. The number of nitrogens with one attached hydrogen (secondary N) is 2. The minimum atomic E-state index is -4.10. The molecule has 12 heteroatoms. The second-order valence-corrected chi connectivity index (χ2v) is 11.0. The summed E-state index contributed by atoms with van der Waals surface area (Å²) in [5, 5.41) is 0.187. The van der Waals surface area contributed by atoms with Gasteiger partial charge in [-0.1, -0.05) is 40.9 Å². The van der Waals surface area contributed by atoms with Gasteiger partial charge in [0.25, 0.3) is 20.0 Å². The molecular weight excluding hydrogens is 519 g/mol. The van der Waals surface area contributed by atoms with Crippen LogP contribution < -0.4 is 14.2 Å². The first-order valence-corrected chi connectivity index (χ1v) is 13.0. The van der Waals surface area contributed by atoms with Crippen molar-refractivity contribution in [2.24, 2.45) is 0 Å². The molecule has 0 aliphatic carbocycles. The fraction of sp³-hybridized carbons (Fsp3) is 0.100. The van der Waals surface area contributed by atoms with Gasteiger partial charge in [0.2, 0.25) is 0 Å². The van der Waals surface area contributed by atoms with E-state index in [9.17, 15) is 16.8 Å². The quantitative estimate of drug-likeness (QED) is 0.412. The second kappa shape index (κ2) is 9.36. The van der Waals surface area contributed by atoms with Crippen molar-refractivity contribution in [2.45, 2.75) is 16.7 Å². The third-order valence-corrected chi connectivity index (χ3v) is 8.64. The van der Waals surface area contributed by atoms with E-state index in [4.69, 9.17) is 39.5 Å². The maximum absolute atomic E-state index is 12.7. The predicted octanol–water partition coefficient (Wildman–Crippen LogP) is 5.57. The van der Waals surface area contributed by atoms with Gasteiger partial charge in [-0.2, -0.15) is 0 Å². The van der Waals surface area contributed by atoms with Gasteiger partial charge in [0, 0.05) is 10.7 Å². The van der Waals surface area contributed by atoms with Gasteiger partial charge < -0.3 is 4.74 Å². The van der Waals surface area contributed by atoms with E-state index < -0.39 is 20.0 Å². The van der Waals surface area contributed by atoms with E-state index in [1.165, 1.54) is 43.5 Å². The standard InChI is InChI=1S/C20H17Cl3N2O5S2/c1-12-15(21)4-3-5-16(12)25-31(26,27)14-8-6-13(7-9-14)24-32(28,29)18-11-10-17(30-2)19(22)20(18)23/h3-11,24-25H,1-2H3. The van der Waals surface area contributed by atoms with Gasteiger partial charge in [0.1, 0.15) is 15.7 Å². The molecule has 0 bridgehead atoms. The highest BCUT2D eigenvalue weighted by Gasteiger charge is 2.23. The normalized spacial score (nSPS) is 11.8. The molecule has 3 aromatic carbocycles. The van der Waals surface area contributed by atoms with Crippen LogP contribution in [0.1, 0.15) is 5.56 Å². The molecule has 3 aromatic rings. The average molecular weight is 536 g/mol. The first-order valence-electron chi connectivity index (χ1n) is 8.89. The van der Waals surface area contributed by atoms with Crippen LogP contribution in [0, 0.1) is 6.92 Å². The van der Waals surface area contributed by atoms with E-state index in [2.05, 4.69) is 9.44 Å². The highest BCUT2D eigenvalue weighted by atomic mass is 35.5. The molecular formula is C20H17Cl3N2O5S2. The van der Waals surface area contributed by atoms with Crippen molar-refractivity contribution in [3.05, 3.63) is 75.2 Å². The Hall–Kier alpha value is -2.17. The van der Waals surface area contributed by atoms with Crippen LogP contribution >= 0.6 is 34.8 Å². The molecule has 7 nitrogen and oxygen atoms in total. The summed E-state index contributed by atoms with van der Waals surface area (Å²) in [5.41, 5.74) is 1.05. The predicted molar refractivity (Wildman–Crippen MR) is 127 cm³/mol. The molecule has 0 aliphatic heterocycles. The maximum Gasteiger partial charge on any atom is 0.263 e. The van der Waals surface area contributed by atoms with E-state index in [1.807, 2.05) is 0 Å². The molecule has 0 saturated carbocycles. The van der Waals surface area contributed by atoms with E-state index >= 15 is 0 Å². The lowest BCUT2D eigenvalue weighted by atomic mass is 10.2. The summed E-state index contributed by atoms with van der Waals surface area (Å²) in [6.45, 7) is 1.69. The molecule has 32 heavy (non-hydrogen) atoms. The zero-order chi connectivity index (χ0) is 23.7. The van der Waals surface area contributed by atoms with Crippen LogP contribution in [0.5, 0.6) is 5.75 Å². The second-order valence-electron chi connectivity index (χ2n) is 6.54. The van der Waals surface area contributed by atoms with Crippen molar-refractivity contribution in [1.29, 1.82) is 0 Å². The van der Waals surface area contributed by atoms with Gasteiger partial charge in [0.15, 0.2) is 0 Å². The molecule has 0 aromatic heterocycles. The summed E-state index contributed by atoms with van der Waals surface area (Å²) >= 11 is 18.2. The van der Waals surface area contributed by atoms with Crippen LogP contribution in [-0.2, 0) is 20.0 Å². The first-order chi connectivity index (χ1) is 15.0. The van der Waals surface area contributed by atoms with Gasteiger partial charge in [0.05, 0.1) is 22.7 Å². The highest BCUT2D eigenvalue weighted by molar-refractivity contribution is 7.93. The smallest absolute Gasteiger partial charge is 0.263 e. The van der Waals surface area contributed by atoms with Crippen molar-refractivity contribution in [3.8, 4) is 5.75 Å². The fourth-order valence-corrected chi connectivity index (χ4v) is 5.91. The van der Waals surface area contributed by atoms with Gasteiger partial charge >= 0.3 is 0 Å². The molecule has 0 unspecified atom stereocenters. The number of ether oxygens (including phenoxy) is 1. The minimum Gasteiger partial charge on any atom is -0.495 e. The SMILES string of the molecule is COc1ccc(S(=O)(=O)Nc2ccc(S(=O)(=O)Nc3cccc(Cl)c3C)cc2)c(Cl)c1Cl. The van der Waals surface area contributed by atoms with E-state index in [0.717, 1.165) is 0 Å². The van der Waals surface area contributed by atoms with Crippen molar-refractivity contribution < 1.29 is 21.6 Å². The highest BCUT2D eigenvalue weighted by Crippen LogP contribution is 2.37. The van der Waals surface area contributed by atoms with Gasteiger partial charge in [-0.3, -0.25) is 9.44 Å². The van der Waals surface area contributed by atoms with Crippen LogP contribution in [-0.4, -0.2) is 23.9 Å². The molecule has 0 atom stereocenters. The Labute approximate surface area is 201 Å². The summed E-state index contributed by atoms with van der Waals surface area (Å²) in [7, 11) is -6.65. The number of halogens is 3.